The van der Waals surface area contributed by atoms with Gasteiger partial charge in [0, 0.05) is 11.8 Å². The number of rotatable bonds is 6. The van der Waals surface area contributed by atoms with Crippen molar-refractivity contribution in [3.8, 4) is 5.75 Å². The van der Waals surface area contributed by atoms with Crippen LogP contribution in [0.4, 0.5) is 0 Å². The van der Waals surface area contributed by atoms with Crippen molar-refractivity contribution >= 4 is 0 Å². The van der Waals surface area contributed by atoms with Gasteiger partial charge in [-0.05, 0) is 86.2 Å². The highest BCUT2D eigenvalue weighted by molar-refractivity contribution is 5.20. The summed E-state index contributed by atoms with van der Waals surface area (Å²) in [6, 6.07) is 10.5. The van der Waals surface area contributed by atoms with Gasteiger partial charge in [-0.15, -0.1) is 0 Å². The van der Waals surface area contributed by atoms with E-state index in [-0.39, 0.29) is 0 Å². The summed E-state index contributed by atoms with van der Waals surface area (Å²) in [5.41, 5.74) is 1.09. The number of quaternary nitrogens is 1. The van der Waals surface area contributed by atoms with Gasteiger partial charge in [-0.1, -0.05) is 44.9 Å². The Balaban J connectivity index is 1.18. The summed E-state index contributed by atoms with van der Waals surface area (Å²) >= 11 is 0. The standard InChI is InChI=1S/C28H43NO2/c1-27-16-7-6-8-20(27)11-12-23-24-13-14-26(28(24,2)17-15-25(23)27)29-18-21(30)19-31-22-9-4-3-5-10-22/h3-5,9-10,20-21,23-26,29-30H,6-8,11-19H2,1-2H3/p+1/t20-,21-,23-,24+,25-,26-,27+,28+/m0/s1. The number of hydrogen-bond donors (Lipinski definition) is 2. The lowest BCUT2D eigenvalue weighted by Gasteiger charge is -2.60. The molecule has 0 radical (unpaired) electrons. The van der Waals surface area contributed by atoms with Crippen LogP contribution >= 0.6 is 0 Å². The molecule has 1 aromatic rings. The van der Waals surface area contributed by atoms with Crippen LogP contribution in [0.3, 0.4) is 0 Å². The van der Waals surface area contributed by atoms with Crippen LogP contribution in [0.1, 0.15) is 78.1 Å². The third-order valence-corrected chi connectivity index (χ3v) is 10.5. The number of para-hydroxylation sites is 1. The minimum Gasteiger partial charge on any atom is -0.491 e. The molecule has 0 aromatic heterocycles. The molecule has 3 nitrogen and oxygen atoms in total. The number of benzene rings is 1. The molecule has 0 amide bonds. The molecule has 0 saturated heterocycles. The van der Waals surface area contributed by atoms with E-state index in [9.17, 15) is 5.11 Å². The Labute approximate surface area is 189 Å². The summed E-state index contributed by atoms with van der Waals surface area (Å²) < 4.78 is 5.78. The minimum absolute atomic E-state index is 0.387. The molecule has 0 aliphatic heterocycles. The Morgan fingerprint density at radius 2 is 1.74 bits per heavy atom. The van der Waals surface area contributed by atoms with Gasteiger partial charge >= 0.3 is 0 Å². The van der Waals surface area contributed by atoms with E-state index in [1.165, 1.54) is 64.2 Å². The first kappa shape index (κ1) is 21.8. The van der Waals surface area contributed by atoms with Gasteiger partial charge in [-0.2, -0.15) is 0 Å². The second kappa shape index (κ2) is 8.71. The highest BCUT2D eigenvalue weighted by Gasteiger charge is 2.60. The quantitative estimate of drug-likeness (QED) is 0.687. The van der Waals surface area contributed by atoms with Gasteiger partial charge in [0.2, 0.25) is 0 Å². The van der Waals surface area contributed by atoms with Crippen LogP contribution in [-0.4, -0.2) is 30.4 Å². The topological polar surface area (TPSA) is 46.1 Å². The van der Waals surface area contributed by atoms with Gasteiger partial charge < -0.3 is 15.2 Å². The van der Waals surface area contributed by atoms with Crippen molar-refractivity contribution in [2.24, 2.45) is 34.5 Å². The van der Waals surface area contributed by atoms with Crippen LogP contribution in [0.5, 0.6) is 5.75 Å². The average Bonchev–Trinajstić information content (AvgIpc) is 3.13. The van der Waals surface area contributed by atoms with Crippen molar-refractivity contribution < 1.29 is 15.2 Å². The Morgan fingerprint density at radius 3 is 2.58 bits per heavy atom. The van der Waals surface area contributed by atoms with Crippen molar-refractivity contribution in [2.45, 2.75) is 90.2 Å². The molecule has 8 atom stereocenters. The fraction of sp³-hybridized carbons (Fsp3) is 0.786. The van der Waals surface area contributed by atoms with Crippen LogP contribution in [0.15, 0.2) is 30.3 Å². The van der Waals surface area contributed by atoms with Gasteiger partial charge in [0.25, 0.3) is 0 Å². The number of ether oxygens (including phenoxy) is 1. The third kappa shape index (κ3) is 3.95. The second-order valence-electron chi connectivity index (χ2n) is 11.9. The second-order valence-corrected chi connectivity index (χ2v) is 11.9. The van der Waals surface area contributed by atoms with E-state index in [2.05, 4.69) is 19.2 Å². The van der Waals surface area contributed by atoms with Crippen molar-refractivity contribution in [3.05, 3.63) is 30.3 Å². The molecule has 4 aliphatic carbocycles. The third-order valence-electron chi connectivity index (χ3n) is 10.5. The maximum atomic E-state index is 10.5. The van der Waals surface area contributed by atoms with Crippen LogP contribution < -0.4 is 10.1 Å². The smallest absolute Gasteiger partial charge is 0.137 e. The number of fused-ring (bicyclic) bond motifs is 5. The molecule has 3 heteroatoms. The predicted molar refractivity (Wildman–Crippen MR) is 125 cm³/mol. The van der Waals surface area contributed by atoms with Crippen LogP contribution in [0.2, 0.25) is 0 Å². The molecule has 0 heterocycles. The first-order valence-corrected chi connectivity index (χ1v) is 13.2. The minimum atomic E-state index is -0.407. The summed E-state index contributed by atoms with van der Waals surface area (Å²) in [7, 11) is 0. The Bertz CT molecular complexity index is 738. The number of hydrogen-bond acceptors (Lipinski definition) is 2. The molecule has 31 heavy (non-hydrogen) atoms. The van der Waals surface area contributed by atoms with Crippen molar-refractivity contribution in [1.82, 2.24) is 0 Å². The molecule has 1 aromatic carbocycles. The van der Waals surface area contributed by atoms with E-state index in [4.69, 9.17) is 4.74 Å². The Morgan fingerprint density at radius 1 is 0.935 bits per heavy atom. The summed E-state index contributed by atoms with van der Waals surface area (Å²) in [5, 5.41) is 13.0. The fourth-order valence-electron chi connectivity index (χ4n) is 8.82. The van der Waals surface area contributed by atoms with Gasteiger partial charge in [-0.3, -0.25) is 0 Å². The maximum absolute atomic E-state index is 10.5. The molecule has 4 fully saturated rings. The first-order chi connectivity index (χ1) is 15.0. The molecule has 5 rings (SSSR count). The molecule has 3 N–H and O–H groups in total. The molecular formula is C28H44NO2+. The van der Waals surface area contributed by atoms with Crippen LogP contribution in [-0.2, 0) is 0 Å². The molecule has 4 aliphatic rings. The van der Waals surface area contributed by atoms with Crippen molar-refractivity contribution in [2.75, 3.05) is 13.2 Å². The van der Waals surface area contributed by atoms with E-state index in [1.54, 1.807) is 0 Å². The zero-order valence-corrected chi connectivity index (χ0v) is 19.8. The Kier molecular flexibility index (Phi) is 6.11. The van der Waals surface area contributed by atoms with E-state index in [0.717, 1.165) is 36.0 Å². The lowest BCUT2D eigenvalue weighted by atomic mass is 9.45. The zero-order chi connectivity index (χ0) is 21.5. The summed E-state index contributed by atoms with van der Waals surface area (Å²) in [6.07, 6.45) is 14.1. The number of aliphatic hydroxyl groups excluding tert-OH is 1. The van der Waals surface area contributed by atoms with Crippen LogP contribution in [0.25, 0.3) is 0 Å². The zero-order valence-electron chi connectivity index (χ0n) is 19.8. The largest absolute Gasteiger partial charge is 0.491 e. The van der Waals surface area contributed by atoms with Gasteiger partial charge in [0.1, 0.15) is 25.0 Å². The predicted octanol–water partition coefficient (Wildman–Crippen LogP) is 4.79. The highest BCUT2D eigenvalue weighted by Crippen LogP contribution is 2.65. The lowest BCUT2D eigenvalue weighted by Crippen LogP contribution is -2.94. The van der Waals surface area contributed by atoms with E-state index >= 15 is 0 Å². The summed E-state index contributed by atoms with van der Waals surface area (Å²) in [5.74, 6) is 4.70. The number of aliphatic hydroxyl groups is 1. The first-order valence-electron chi connectivity index (χ1n) is 13.2. The maximum Gasteiger partial charge on any atom is 0.137 e. The monoisotopic (exact) mass is 426 g/mol. The normalized spacial score (nSPS) is 42.9. The lowest BCUT2D eigenvalue weighted by molar-refractivity contribution is -0.706. The summed E-state index contributed by atoms with van der Waals surface area (Å²) in [4.78, 5) is 0. The van der Waals surface area contributed by atoms with E-state index in [0.29, 0.717) is 23.5 Å². The molecule has 0 bridgehead atoms. The van der Waals surface area contributed by atoms with E-state index < -0.39 is 6.10 Å². The molecule has 0 spiro atoms. The van der Waals surface area contributed by atoms with Gasteiger partial charge in [0.15, 0.2) is 0 Å². The Hall–Kier alpha value is -1.06. The van der Waals surface area contributed by atoms with Crippen molar-refractivity contribution in [3.63, 3.8) is 0 Å². The number of nitrogens with two attached hydrogens (primary N) is 1. The van der Waals surface area contributed by atoms with Crippen LogP contribution in [0, 0.1) is 34.5 Å². The SMILES string of the molecule is C[C@@]12CC[C@H]3[C@@H](CC[C@@H]4CCCC[C@]43C)[C@H]1CC[C@@H]2[NH2+]C[C@H](O)COc1ccccc1. The van der Waals surface area contributed by atoms with Gasteiger partial charge in [0.05, 0.1) is 6.04 Å². The molecule has 4 saturated carbocycles. The molecule has 0 unspecified atom stereocenters. The van der Waals surface area contributed by atoms with E-state index in [1.807, 2.05) is 30.3 Å². The molecular weight excluding hydrogens is 382 g/mol. The van der Waals surface area contributed by atoms with Gasteiger partial charge in [-0.25, -0.2) is 0 Å². The summed E-state index contributed by atoms with van der Waals surface area (Å²) in [6.45, 7) is 6.42. The average molecular weight is 427 g/mol. The highest BCUT2D eigenvalue weighted by atomic mass is 16.5. The fourth-order valence-corrected chi connectivity index (χ4v) is 8.82. The molecule has 172 valence electrons. The van der Waals surface area contributed by atoms with Crippen molar-refractivity contribution in [1.29, 1.82) is 0 Å².